The quantitative estimate of drug-likeness (QED) is 0.883. The number of aliphatic hydroxyl groups is 1. The van der Waals surface area contributed by atoms with Gasteiger partial charge in [0.1, 0.15) is 0 Å². The molecular formula is C20H28N4O3. The van der Waals surface area contributed by atoms with E-state index in [0.29, 0.717) is 17.7 Å². The van der Waals surface area contributed by atoms with Crippen molar-refractivity contribution in [1.29, 1.82) is 0 Å². The van der Waals surface area contributed by atoms with Gasteiger partial charge in [0.2, 0.25) is 0 Å². The molecule has 7 heteroatoms. The van der Waals surface area contributed by atoms with E-state index in [9.17, 15) is 14.7 Å². The summed E-state index contributed by atoms with van der Waals surface area (Å²) in [7, 11) is 3.11. The van der Waals surface area contributed by atoms with Gasteiger partial charge in [0, 0.05) is 19.5 Å². The summed E-state index contributed by atoms with van der Waals surface area (Å²) in [5, 5.41) is 11.7. The van der Waals surface area contributed by atoms with E-state index in [-0.39, 0.29) is 16.7 Å². The zero-order chi connectivity index (χ0) is 19.1. The lowest BCUT2D eigenvalue weighted by atomic mass is 9.45. The fourth-order valence-corrected chi connectivity index (χ4v) is 6.79. The van der Waals surface area contributed by atoms with Crippen LogP contribution in [0.1, 0.15) is 45.4 Å². The van der Waals surface area contributed by atoms with Crippen LogP contribution in [0.25, 0.3) is 11.2 Å². The summed E-state index contributed by atoms with van der Waals surface area (Å²) < 4.78 is 4.27. The van der Waals surface area contributed by atoms with Crippen LogP contribution in [-0.4, -0.2) is 29.4 Å². The minimum absolute atomic E-state index is 0.0652. The third kappa shape index (κ3) is 2.27. The highest BCUT2D eigenvalue weighted by atomic mass is 16.3. The van der Waals surface area contributed by atoms with Crippen LogP contribution in [0.4, 0.5) is 0 Å². The predicted molar refractivity (Wildman–Crippen MR) is 101 cm³/mol. The third-order valence-corrected chi connectivity index (χ3v) is 7.88. The summed E-state index contributed by atoms with van der Waals surface area (Å²) in [5.41, 5.74) is -0.938. The summed E-state index contributed by atoms with van der Waals surface area (Å²) >= 11 is 0. The predicted octanol–water partition coefficient (Wildman–Crippen LogP) is 1.40. The zero-order valence-corrected chi connectivity index (χ0v) is 16.3. The first-order valence-corrected chi connectivity index (χ1v) is 10.0. The van der Waals surface area contributed by atoms with Crippen molar-refractivity contribution in [1.82, 2.24) is 18.7 Å². The third-order valence-electron chi connectivity index (χ3n) is 7.88. The highest BCUT2D eigenvalue weighted by Gasteiger charge is 2.58. The molecule has 0 amide bonds. The Kier molecular flexibility index (Phi) is 3.41. The minimum Gasteiger partial charge on any atom is -0.388 e. The van der Waals surface area contributed by atoms with Crippen LogP contribution in [0, 0.1) is 23.2 Å². The summed E-state index contributed by atoms with van der Waals surface area (Å²) in [6.45, 7) is 2.28. The Morgan fingerprint density at radius 3 is 2.22 bits per heavy atom. The molecular weight excluding hydrogens is 344 g/mol. The molecule has 146 valence electrons. The van der Waals surface area contributed by atoms with E-state index in [1.807, 2.05) is 6.92 Å². The number of aromatic nitrogens is 4. The zero-order valence-electron chi connectivity index (χ0n) is 16.3. The molecule has 27 heavy (non-hydrogen) atoms. The molecule has 6 rings (SSSR count). The Morgan fingerprint density at radius 1 is 1.11 bits per heavy atom. The first kappa shape index (κ1) is 17.2. The summed E-state index contributed by atoms with van der Waals surface area (Å²) in [4.78, 5) is 29.2. The first-order valence-electron chi connectivity index (χ1n) is 10.0. The molecule has 1 N–H and O–H groups in total. The minimum atomic E-state index is -0.906. The van der Waals surface area contributed by atoms with Gasteiger partial charge < -0.3 is 9.67 Å². The van der Waals surface area contributed by atoms with E-state index in [1.165, 1.54) is 30.9 Å². The van der Waals surface area contributed by atoms with E-state index in [4.69, 9.17) is 0 Å². The average molecular weight is 372 g/mol. The second kappa shape index (κ2) is 5.34. The van der Waals surface area contributed by atoms with Gasteiger partial charge in [-0.3, -0.25) is 13.9 Å². The lowest BCUT2D eigenvalue weighted by molar-refractivity contribution is -0.176. The maximum absolute atomic E-state index is 12.7. The number of hydrogen-bond acceptors (Lipinski definition) is 4. The van der Waals surface area contributed by atoms with Crippen molar-refractivity contribution in [3.05, 3.63) is 27.2 Å². The van der Waals surface area contributed by atoms with Gasteiger partial charge in [-0.1, -0.05) is 0 Å². The van der Waals surface area contributed by atoms with Crippen molar-refractivity contribution in [3.8, 4) is 0 Å². The smallest absolute Gasteiger partial charge is 0.332 e. The van der Waals surface area contributed by atoms with Crippen molar-refractivity contribution in [2.24, 2.45) is 37.3 Å². The van der Waals surface area contributed by atoms with Crippen LogP contribution in [-0.2, 0) is 20.6 Å². The molecule has 0 aliphatic heterocycles. The molecule has 2 aromatic rings. The molecule has 0 radical (unpaired) electrons. The van der Waals surface area contributed by atoms with Crippen molar-refractivity contribution in [2.75, 3.05) is 0 Å². The van der Waals surface area contributed by atoms with E-state index >= 15 is 0 Å². The number of aryl methyl sites for hydroxylation is 1. The highest BCUT2D eigenvalue weighted by Crippen LogP contribution is 2.63. The molecule has 4 saturated carbocycles. The van der Waals surface area contributed by atoms with E-state index < -0.39 is 5.60 Å². The monoisotopic (exact) mass is 372 g/mol. The lowest BCUT2D eigenvalue weighted by Gasteiger charge is -2.61. The Balaban J connectivity index is 1.57. The van der Waals surface area contributed by atoms with Crippen LogP contribution in [0.2, 0.25) is 0 Å². The number of fused-ring (bicyclic) bond motifs is 1. The van der Waals surface area contributed by atoms with Crippen molar-refractivity contribution < 1.29 is 5.11 Å². The number of nitrogens with zero attached hydrogens (tertiary/aromatic N) is 4. The van der Waals surface area contributed by atoms with E-state index in [1.54, 1.807) is 17.9 Å². The number of hydrogen-bond donors (Lipinski definition) is 1. The Hall–Kier alpha value is -1.89. The Bertz CT molecular complexity index is 1010. The van der Waals surface area contributed by atoms with E-state index in [0.717, 1.165) is 41.6 Å². The molecule has 0 unspecified atom stereocenters. The average Bonchev–Trinajstić information content (AvgIpc) is 3.00. The lowest BCUT2D eigenvalue weighted by Crippen LogP contribution is -2.58. The fraction of sp³-hybridized carbons (Fsp3) is 0.750. The molecule has 4 fully saturated rings. The summed E-state index contributed by atoms with van der Waals surface area (Å²) in [5.74, 6) is 2.24. The van der Waals surface area contributed by atoms with Crippen molar-refractivity contribution >= 4 is 11.2 Å². The second-order valence-corrected chi connectivity index (χ2v) is 9.72. The van der Waals surface area contributed by atoms with Gasteiger partial charge in [-0.15, -0.1) is 0 Å². The maximum atomic E-state index is 12.7. The number of rotatable bonds is 3. The molecule has 4 aliphatic rings. The molecule has 4 bridgehead atoms. The van der Waals surface area contributed by atoms with Crippen LogP contribution in [0.15, 0.2) is 15.9 Å². The Labute approximate surface area is 157 Å². The second-order valence-electron chi connectivity index (χ2n) is 9.72. The molecule has 1 atom stereocenters. The molecule has 0 spiro atoms. The maximum Gasteiger partial charge on any atom is 0.332 e. The van der Waals surface area contributed by atoms with E-state index in [2.05, 4.69) is 4.98 Å². The summed E-state index contributed by atoms with van der Waals surface area (Å²) in [6.07, 6.45) is 8.85. The van der Waals surface area contributed by atoms with Crippen LogP contribution in [0.3, 0.4) is 0 Å². The molecule has 0 aromatic carbocycles. The van der Waals surface area contributed by atoms with Gasteiger partial charge in [-0.25, -0.2) is 9.78 Å². The van der Waals surface area contributed by atoms with Gasteiger partial charge in [-0.2, -0.15) is 0 Å². The fourth-order valence-electron chi connectivity index (χ4n) is 6.79. The van der Waals surface area contributed by atoms with Crippen molar-refractivity contribution in [2.45, 2.75) is 57.6 Å². The number of imidazole rings is 1. The molecule has 2 heterocycles. The van der Waals surface area contributed by atoms with Crippen LogP contribution >= 0.6 is 0 Å². The highest BCUT2D eigenvalue weighted by molar-refractivity contribution is 5.70. The standard InChI is InChI=1S/C20H28N4O3/c1-19(27,20-7-12-4-13(8-20)6-14(5-12)9-20)10-24-11-21-16-15(24)17(25)23(3)18(26)22(16)2/h11-14,27H,4-10H2,1-3H3/t12?,13?,14?,19-,20?/m0/s1. The molecule has 7 nitrogen and oxygen atoms in total. The molecule has 2 aromatic heterocycles. The van der Waals surface area contributed by atoms with Gasteiger partial charge in [0.25, 0.3) is 5.56 Å². The molecule has 0 saturated heterocycles. The van der Waals surface area contributed by atoms with Crippen LogP contribution < -0.4 is 11.2 Å². The Morgan fingerprint density at radius 2 is 1.67 bits per heavy atom. The van der Waals surface area contributed by atoms with Gasteiger partial charge >= 0.3 is 5.69 Å². The van der Waals surface area contributed by atoms with Crippen LogP contribution in [0.5, 0.6) is 0 Å². The van der Waals surface area contributed by atoms with Crippen molar-refractivity contribution in [3.63, 3.8) is 0 Å². The van der Waals surface area contributed by atoms with Gasteiger partial charge in [0.15, 0.2) is 11.2 Å². The van der Waals surface area contributed by atoms with Gasteiger partial charge in [0.05, 0.1) is 18.5 Å². The first-order chi connectivity index (χ1) is 12.7. The largest absolute Gasteiger partial charge is 0.388 e. The molecule has 4 aliphatic carbocycles. The SMILES string of the molecule is Cn1c(=O)c2c(ncn2C[C@](C)(O)C23CC4CC(CC(C4)C2)C3)n(C)c1=O. The summed E-state index contributed by atoms with van der Waals surface area (Å²) in [6, 6.07) is 0. The van der Waals surface area contributed by atoms with Gasteiger partial charge in [-0.05, 0) is 63.2 Å². The topological polar surface area (TPSA) is 82.0 Å². The normalized spacial score (nSPS) is 34.3.